The van der Waals surface area contributed by atoms with Gasteiger partial charge in [0.15, 0.2) is 5.65 Å². The van der Waals surface area contributed by atoms with Gasteiger partial charge < -0.3 is 14.4 Å². The second kappa shape index (κ2) is 7.60. The van der Waals surface area contributed by atoms with Gasteiger partial charge in [0.05, 0.1) is 31.2 Å². The van der Waals surface area contributed by atoms with Crippen molar-refractivity contribution in [2.75, 3.05) is 33.4 Å². The SMILES string of the molecule is COC1CC(n2c(=O)n(C)c3nnc4cnc(COCCN5CCC6(CC6)C5)cc4c32)C1. The third kappa shape index (κ3) is 3.34. The van der Waals surface area contributed by atoms with Crippen molar-refractivity contribution in [3.05, 3.63) is 28.4 Å². The first-order valence-corrected chi connectivity index (χ1v) is 11.6. The molecule has 3 fully saturated rings. The summed E-state index contributed by atoms with van der Waals surface area (Å²) in [4.78, 5) is 20.1. The number of ether oxygens (including phenoxy) is 2. The summed E-state index contributed by atoms with van der Waals surface area (Å²) in [7, 11) is 3.47. The molecule has 4 heterocycles. The van der Waals surface area contributed by atoms with E-state index >= 15 is 0 Å². The van der Waals surface area contributed by atoms with E-state index in [2.05, 4.69) is 20.1 Å². The number of pyridine rings is 1. The number of rotatable bonds is 7. The number of aryl methyl sites for hydroxylation is 1. The molecule has 0 N–H and O–H groups in total. The Balaban J connectivity index is 1.23. The zero-order valence-electron chi connectivity index (χ0n) is 18.8. The highest BCUT2D eigenvalue weighted by atomic mass is 16.5. The fourth-order valence-electron chi connectivity index (χ4n) is 5.37. The van der Waals surface area contributed by atoms with E-state index < -0.39 is 0 Å². The minimum atomic E-state index is -0.0602. The zero-order chi connectivity index (χ0) is 21.9. The molecule has 6 rings (SSSR count). The van der Waals surface area contributed by atoms with Crippen molar-refractivity contribution >= 4 is 22.1 Å². The first-order chi connectivity index (χ1) is 15.6. The summed E-state index contributed by atoms with van der Waals surface area (Å²) >= 11 is 0. The molecule has 0 amide bonds. The van der Waals surface area contributed by atoms with Gasteiger partial charge in [-0.25, -0.2) is 4.79 Å². The Morgan fingerprint density at radius 3 is 2.81 bits per heavy atom. The number of likely N-dealkylation sites (tertiary alicyclic amines) is 1. The molecule has 0 bridgehead atoms. The normalized spacial score (nSPS) is 24.6. The number of nitrogens with zero attached hydrogens (tertiary/aromatic N) is 6. The number of fused-ring (bicyclic) bond motifs is 3. The predicted octanol–water partition coefficient (Wildman–Crippen LogP) is 2.03. The summed E-state index contributed by atoms with van der Waals surface area (Å²) in [6, 6.07) is 2.12. The lowest BCUT2D eigenvalue weighted by Crippen LogP contribution is -2.37. The highest BCUT2D eigenvalue weighted by Crippen LogP contribution is 2.52. The van der Waals surface area contributed by atoms with Crippen LogP contribution in [0.2, 0.25) is 0 Å². The number of methoxy groups -OCH3 is 1. The maximum atomic E-state index is 13.0. The Kier molecular flexibility index (Phi) is 4.81. The van der Waals surface area contributed by atoms with Crippen LogP contribution in [0.4, 0.5) is 0 Å². The lowest BCUT2D eigenvalue weighted by Gasteiger charge is -2.34. The minimum Gasteiger partial charge on any atom is -0.381 e. The van der Waals surface area contributed by atoms with Crippen molar-refractivity contribution in [3.8, 4) is 0 Å². The quantitative estimate of drug-likeness (QED) is 0.522. The van der Waals surface area contributed by atoms with Crippen LogP contribution >= 0.6 is 0 Å². The summed E-state index contributed by atoms with van der Waals surface area (Å²) in [6.45, 7) is 4.57. The van der Waals surface area contributed by atoms with Crippen LogP contribution < -0.4 is 5.69 Å². The average Bonchev–Trinajstić information content (AvgIpc) is 3.34. The van der Waals surface area contributed by atoms with Crippen molar-refractivity contribution in [1.29, 1.82) is 0 Å². The molecular weight excluding hydrogens is 408 g/mol. The monoisotopic (exact) mass is 438 g/mol. The fourth-order valence-corrected chi connectivity index (χ4v) is 5.37. The molecule has 0 radical (unpaired) electrons. The molecule has 0 atom stereocenters. The van der Waals surface area contributed by atoms with Crippen molar-refractivity contribution < 1.29 is 9.47 Å². The van der Waals surface area contributed by atoms with Gasteiger partial charge >= 0.3 is 5.69 Å². The number of imidazole rings is 1. The Bertz CT molecular complexity index is 1220. The van der Waals surface area contributed by atoms with Crippen molar-refractivity contribution in [1.82, 2.24) is 29.2 Å². The standard InChI is InChI=1S/C23H30N6O3/c1-27-21-20(29(22(27)30)16-10-17(11-16)31-2)18-9-15(24-12-19(18)25-26-21)13-32-8-7-28-6-5-23(14-28)3-4-23/h9,12,16-17H,3-8,10-11,13-14H2,1-2H3. The molecule has 1 aliphatic heterocycles. The highest BCUT2D eigenvalue weighted by Gasteiger charge is 2.47. The molecule has 3 aromatic heterocycles. The van der Waals surface area contributed by atoms with Crippen molar-refractivity contribution in [3.63, 3.8) is 0 Å². The largest absolute Gasteiger partial charge is 0.381 e. The minimum absolute atomic E-state index is 0.0602. The van der Waals surface area contributed by atoms with E-state index in [1.54, 1.807) is 24.9 Å². The summed E-state index contributed by atoms with van der Waals surface area (Å²) in [5.41, 5.74) is 3.56. The molecular formula is C23H30N6O3. The molecule has 2 saturated carbocycles. The second-order valence-corrected chi connectivity index (χ2v) is 9.84. The van der Waals surface area contributed by atoms with Crippen LogP contribution in [-0.2, 0) is 23.1 Å². The van der Waals surface area contributed by atoms with Gasteiger partial charge in [0.1, 0.15) is 11.0 Å². The van der Waals surface area contributed by atoms with E-state index in [0.717, 1.165) is 36.0 Å². The number of hydrogen-bond acceptors (Lipinski definition) is 7. The van der Waals surface area contributed by atoms with E-state index in [-0.39, 0.29) is 17.8 Å². The van der Waals surface area contributed by atoms with Crippen molar-refractivity contribution in [2.45, 2.75) is 50.9 Å². The van der Waals surface area contributed by atoms with Crippen LogP contribution in [0.1, 0.15) is 43.8 Å². The van der Waals surface area contributed by atoms with E-state index in [1.165, 1.54) is 32.4 Å². The predicted molar refractivity (Wildman–Crippen MR) is 120 cm³/mol. The maximum Gasteiger partial charge on any atom is 0.330 e. The van der Waals surface area contributed by atoms with Gasteiger partial charge in [-0.05, 0) is 50.1 Å². The van der Waals surface area contributed by atoms with Gasteiger partial charge in [0, 0.05) is 38.7 Å². The van der Waals surface area contributed by atoms with Crippen molar-refractivity contribution in [2.24, 2.45) is 12.5 Å². The first-order valence-electron chi connectivity index (χ1n) is 11.6. The third-order valence-corrected chi connectivity index (χ3v) is 7.76. The lowest BCUT2D eigenvalue weighted by atomic mass is 9.89. The van der Waals surface area contributed by atoms with E-state index in [1.807, 2.05) is 10.6 Å². The molecule has 0 aromatic carbocycles. The van der Waals surface area contributed by atoms with E-state index in [9.17, 15) is 4.79 Å². The van der Waals surface area contributed by atoms with Gasteiger partial charge in [-0.3, -0.25) is 14.1 Å². The topological polar surface area (TPSA) is 87.3 Å². The van der Waals surface area contributed by atoms with Gasteiger partial charge in [0.2, 0.25) is 0 Å². The van der Waals surface area contributed by atoms with Gasteiger partial charge in [-0.15, -0.1) is 10.2 Å². The van der Waals surface area contributed by atoms with Gasteiger partial charge in [-0.2, -0.15) is 0 Å². The first kappa shape index (κ1) is 20.3. The molecule has 3 aliphatic rings. The van der Waals surface area contributed by atoms with Crippen LogP contribution in [0.5, 0.6) is 0 Å². The molecule has 9 heteroatoms. The lowest BCUT2D eigenvalue weighted by molar-refractivity contribution is 0.00635. The third-order valence-electron chi connectivity index (χ3n) is 7.76. The van der Waals surface area contributed by atoms with E-state index in [0.29, 0.717) is 29.8 Å². The Morgan fingerprint density at radius 1 is 1.22 bits per heavy atom. The van der Waals surface area contributed by atoms with Crippen LogP contribution in [0.3, 0.4) is 0 Å². The summed E-state index contributed by atoms with van der Waals surface area (Å²) in [5.74, 6) is 0. The molecule has 3 aromatic rings. The van der Waals surface area contributed by atoms with E-state index in [4.69, 9.17) is 9.47 Å². The Labute approximate surface area is 186 Å². The summed E-state index contributed by atoms with van der Waals surface area (Å²) in [6.07, 6.45) is 7.76. The second-order valence-electron chi connectivity index (χ2n) is 9.84. The molecule has 9 nitrogen and oxygen atoms in total. The van der Waals surface area contributed by atoms with Gasteiger partial charge in [-0.1, -0.05) is 0 Å². The Hall–Kier alpha value is -2.36. The molecule has 32 heavy (non-hydrogen) atoms. The van der Waals surface area contributed by atoms with Gasteiger partial charge in [0.25, 0.3) is 0 Å². The molecule has 170 valence electrons. The summed E-state index contributed by atoms with van der Waals surface area (Å²) < 4.78 is 14.9. The van der Waals surface area contributed by atoms with Crippen LogP contribution in [-0.4, -0.2) is 68.7 Å². The molecule has 1 saturated heterocycles. The fraction of sp³-hybridized carbons (Fsp3) is 0.652. The smallest absolute Gasteiger partial charge is 0.330 e. The highest BCUT2D eigenvalue weighted by molar-refractivity contribution is 6.00. The number of aromatic nitrogens is 5. The molecule has 2 aliphatic carbocycles. The van der Waals surface area contributed by atoms with Crippen LogP contribution in [0.15, 0.2) is 17.1 Å². The van der Waals surface area contributed by atoms with Crippen LogP contribution in [0.25, 0.3) is 22.1 Å². The Morgan fingerprint density at radius 2 is 2.06 bits per heavy atom. The van der Waals surface area contributed by atoms with Crippen LogP contribution in [0, 0.1) is 5.41 Å². The number of hydrogen-bond donors (Lipinski definition) is 0. The molecule has 0 unspecified atom stereocenters. The summed E-state index contributed by atoms with van der Waals surface area (Å²) in [5, 5.41) is 9.53. The zero-order valence-corrected chi connectivity index (χ0v) is 18.8. The maximum absolute atomic E-state index is 13.0. The molecule has 1 spiro atoms. The average molecular weight is 439 g/mol.